The molecular weight excluding hydrogens is 328 g/mol. The Balaban J connectivity index is 1.68. The summed E-state index contributed by atoms with van der Waals surface area (Å²) in [6, 6.07) is 0. The molecule has 0 spiro atoms. The van der Waals surface area contributed by atoms with Crippen molar-refractivity contribution in [2.45, 2.75) is 56.8 Å². The summed E-state index contributed by atoms with van der Waals surface area (Å²) in [7, 11) is 0. The molecule has 0 unspecified atom stereocenters. The van der Waals surface area contributed by atoms with Crippen molar-refractivity contribution >= 4 is 29.4 Å². The van der Waals surface area contributed by atoms with Crippen molar-refractivity contribution in [1.82, 2.24) is 15.1 Å². The second-order valence-corrected chi connectivity index (χ2v) is 8.13. The van der Waals surface area contributed by atoms with Crippen molar-refractivity contribution in [3.63, 3.8) is 0 Å². The second kappa shape index (κ2) is 6.76. The normalized spacial score (nSPS) is 20.0. The van der Waals surface area contributed by atoms with Gasteiger partial charge in [0.1, 0.15) is 5.82 Å². The highest BCUT2D eigenvalue weighted by Crippen LogP contribution is 2.37. The van der Waals surface area contributed by atoms with Gasteiger partial charge in [0.15, 0.2) is 0 Å². The van der Waals surface area contributed by atoms with E-state index >= 15 is 0 Å². The molecule has 0 radical (unpaired) electrons. The third-order valence-electron chi connectivity index (χ3n) is 4.14. The maximum atomic E-state index is 12.3. The molecule has 7 nitrogen and oxygen atoms in total. The summed E-state index contributed by atoms with van der Waals surface area (Å²) in [6.07, 6.45) is 1.94. The van der Waals surface area contributed by atoms with E-state index in [1.165, 1.54) is 0 Å². The molecule has 0 aromatic carbocycles. The van der Waals surface area contributed by atoms with Crippen molar-refractivity contribution in [2.24, 2.45) is 0 Å². The van der Waals surface area contributed by atoms with Crippen LogP contribution in [0.15, 0.2) is 0 Å². The quantitative estimate of drug-likeness (QED) is 0.808. The van der Waals surface area contributed by atoms with Crippen LogP contribution in [-0.2, 0) is 31.4 Å². The Morgan fingerprint density at radius 2 is 2.12 bits per heavy atom. The highest BCUT2D eigenvalue weighted by atomic mass is 32.2. The maximum absolute atomic E-state index is 12.3. The molecule has 132 valence electrons. The van der Waals surface area contributed by atoms with Crippen LogP contribution >= 0.6 is 11.8 Å². The molecular formula is C16H24N4O3S. The SMILES string of the molecule is CC(C)(C)n1nc2c(c1NC(=O)C(=O)NC[C@@H]1CCCO1)CSC2. The van der Waals surface area contributed by atoms with Crippen LogP contribution in [0.4, 0.5) is 5.82 Å². The molecule has 2 amide bonds. The van der Waals surface area contributed by atoms with E-state index in [4.69, 9.17) is 4.74 Å². The molecule has 24 heavy (non-hydrogen) atoms. The Morgan fingerprint density at radius 1 is 1.33 bits per heavy atom. The summed E-state index contributed by atoms with van der Waals surface area (Å²) in [5, 5.41) is 10.0. The Morgan fingerprint density at radius 3 is 2.79 bits per heavy atom. The van der Waals surface area contributed by atoms with Gasteiger partial charge in [0.05, 0.1) is 17.3 Å². The predicted molar refractivity (Wildman–Crippen MR) is 92.8 cm³/mol. The Labute approximate surface area is 145 Å². The van der Waals surface area contributed by atoms with Crippen LogP contribution in [0.1, 0.15) is 44.9 Å². The minimum absolute atomic E-state index is 0.0162. The van der Waals surface area contributed by atoms with E-state index in [2.05, 4.69) is 15.7 Å². The molecule has 1 fully saturated rings. The average molecular weight is 352 g/mol. The van der Waals surface area contributed by atoms with Gasteiger partial charge in [0.2, 0.25) is 0 Å². The summed E-state index contributed by atoms with van der Waals surface area (Å²) >= 11 is 1.76. The number of carbonyl (C=O) groups is 2. The average Bonchev–Trinajstić information content (AvgIpc) is 3.22. The van der Waals surface area contributed by atoms with Gasteiger partial charge in [-0.2, -0.15) is 16.9 Å². The molecule has 1 aromatic heterocycles. The fraction of sp³-hybridized carbons (Fsp3) is 0.688. The van der Waals surface area contributed by atoms with E-state index in [0.717, 1.165) is 42.2 Å². The predicted octanol–water partition coefficient (Wildman–Crippen LogP) is 1.62. The van der Waals surface area contributed by atoms with Crippen LogP contribution in [0.2, 0.25) is 0 Å². The van der Waals surface area contributed by atoms with Gasteiger partial charge in [-0.05, 0) is 33.6 Å². The van der Waals surface area contributed by atoms with E-state index in [0.29, 0.717) is 12.4 Å². The third kappa shape index (κ3) is 3.59. The molecule has 0 saturated carbocycles. The monoisotopic (exact) mass is 352 g/mol. The molecule has 8 heteroatoms. The lowest BCUT2D eigenvalue weighted by atomic mass is 10.1. The number of carbonyl (C=O) groups excluding carboxylic acids is 2. The van der Waals surface area contributed by atoms with E-state index in [9.17, 15) is 9.59 Å². The number of aromatic nitrogens is 2. The standard InChI is InChI=1S/C16H24N4O3S/c1-16(2,3)20-13(11-8-24-9-12(11)19-20)18-15(22)14(21)17-7-10-5-4-6-23-10/h10H,4-9H2,1-3H3,(H,17,21)(H,18,22)/t10-/m0/s1. The molecule has 2 aliphatic rings. The summed E-state index contributed by atoms with van der Waals surface area (Å²) in [5.74, 6) is 0.995. The number of amides is 2. The number of hydrogen-bond donors (Lipinski definition) is 2. The van der Waals surface area contributed by atoms with Gasteiger partial charge in [-0.15, -0.1) is 0 Å². The summed E-state index contributed by atoms with van der Waals surface area (Å²) in [6.45, 7) is 7.17. The number of nitrogens with zero attached hydrogens (tertiary/aromatic N) is 2. The van der Waals surface area contributed by atoms with Crippen molar-refractivity contribution in [2.75, 3.05) is 18.5 Å². The number of hydrogen-bond acceptors (Lipinski definition) is 5. The van der Waals surface area contributed by atoms with Crippen LogP contribution in [-0.4, -0.2) is 40.9 Å². The first kappa shape index (κ1) is 17.3. The molecule has 1 atom stereocenters. The van der Waals surface area contributed by atoms with Crippen LogP contribution in [0.3, 0.4) is 0 Å². The fourth-order valence-electron chi connectivity index (χ4n) is 2.88. The highest BCUT2D eigenvalue weighted by Gasteiger charge is 2.30. The topological polar surface area (TPSA) is 85.2 Å². The van der Waals surface area contributed by atoms with Crippen molar-refractivity contribution < 1.29 is 14.3 Å². The first-order chi connectivity index (χ1) is 11.4. The zero-order chi connectivity index (χ0) is 17.3. The van der Waals surface area contributed by atoms with E-state index in [1.54, 1.807) is 11.8 Å². The fourth-order valence-corrected chi connectivity index (χ4v) is 3.92. The van der Waals surface area contributed by atoms with Crippen LogP contribution < -0.4 is 10.6 Å². The lowest BCUT2D eigenvalue weighted by Gasteiger charge is -2.23. The summed E-state index contributed by atoms with van der Waals surface area (Å²) in [5.41, 5.74) is 1.74. The Hall–Kier alpha value is -1.54. The van der Waals surface area contributed by atoms with Crippen molar-refractivity contribution in [1.29, 1.82) is 0 Å². The molecule has 0 bridgehead atoms. The van der Waals surface area contributed by atoms with Crippen LogP contribution in [0.5, 0.6) is 0 Å². The molecule has 1 saturated heterocycles. The maximum Gasteiger partial charge on any atom is 0.314 e. The first-order valence-electron chi connectivity index (χ1n) is 8.26. The van der Waals surface area contributed by atoms with Crippen LogP contribution in [0.25, 0.3) is 0 Å². The minimum atomic E-state index is -0.655. The van der Waals surface area contributed by atoms with Gasteiger partial charge in [-0.1, -0.05) is 0 Å². The molecule has 2 N–H and O–H groups in total. The second-order valence-electron chi connectivity index (χ2n) is 7.15. The van der Waals surface area contributed by atoms with Gasteiger partial charge < -0.3 is 15.4 Å². The first-order valence-corrected chi connectivity index (χ1v) is 9.41. The number of ether oxygens (including phenoxy) is 1. The van der Waals surface area contributed by atoms with Gasteiger partial charge in [0.25, 0.3) is 0 Å². The summed E-state index contributed by atoms with van der Waals surface area (Å²) < 4.78 is 7.26. The molecule has 0 aliphatic carbocycles. The Kier molecular flexibility index (Phi) is 4.87. The van der Waals surface area contributed by atoms with Gasteiger partial charge >= 0.3 is 11.8 Å². The number of rotatable bonds is 3. The molecule has 3 heterocycles. The van der Waals surface area contributed by atoms with Gasteiger partial charge in [-0.3, -0.25) is 9.59 Å². The molecule has 1 aromatic rings. The largest absolute Gasteiger partial charge is 0.376 e. The van der Waals surface area contributed by atoms with Gasteiger partial charge in [-0.25, -0.2) is 4.68 Å². The van der Waals surface area contributed by atoms with Crippen LogP contribution in [0, 0.1) is 0 Å². The minimum Gasteiger partial charge on any atom is -0.376 e. The summed E-state index contributed by atoms with van der Waals surface area (Å²) in [4.78, 5) is 24.4. The Bertz CT molecular complexity index is 644. The highest BCUT2D eigenvalue weighted by molar-refractivity contribution is 7.98. The lowest BCUT2D eigenvalue weighted by Crippen LogP contribution is -2.40. The van der Waals surface area contributed by atoms with Gasteiger partial charge in [0, 0.05) is 30.2 Å². The molecule has 2 aliphatic heterocycles. The van der Waals surface area contributed by atoms with Crippen molar-refractivity contribution in [3.8, 4) is 0 Å². The number of thioether (sulfide) groups is 1. The van der Waals surface area contributed by atoms with Crippen molar-refractivity contribution in [3.05, 3.63) is 11.3 Å². The molecule has 3 rings (SSSR count). The van der Waals surface area contributed by atoms with E-state index in [1.807, 2.05) is 25.5 Å². The zero-order valence-corrected chi connectivity index (χ0v) is 15.2. The van der Waals surface area contributed by atoms with E-state index < -0.39 is 11.8 Å². The smallest absolute Gasteiger partial charge is 0.314 e. The van der Waals surface area contributed by atoms with E-state index in [-0.39, 0.29) is 11.6 Å². The zero-order valence-electron chi connectivity index (χ0n) is 14.3. The lowest BCUT2D eigenvalue weighted by molar-refractivity contribution is -0.136. The third-order valence-corrected chi connectivity index (χ3v) is 5.11. The number of nitrogens with one attached hydrogen (secondary N) is 2. The number of fused-ring (bicyclic) bond motifs is 1. The number of anilines is 1.